The monoisotopic (exact) mass is 332 g/mol. The topological polar surface area (TPSA) is 53.0 Å². The third-order valence-corrected chi connectivity index (χ3v) is 5.49. The van der Waals surface area contributed by atoms with Gasteiger partial charge in [-0.25, -0.2) is 0 Å². The van der Waals surface area contributed by atoms with Gasteiger partial charge in [-0.1, -0.05) is 12.1 Å². The second kappa shape index (κ2) is 7.99. The molecule has 0 bridgehead atoms. The van der Waals surface area contributed by atoms with Crippen molar-refractivity contribution in [1.29, 1.82) is 0 Å². The summed E-state index contributed by atoms with van der Waals surface area (Å²) in [5, 5.41) is 9.32. The molecule has 1 aromatic carbocycles. The lowest BCUT2D eigenvalue weighted by atomic mass is 9.89. The molecule has 24 heavy (non-hydrogen) atoms. The van der Waals surface area contributed by atoms with Gasteiger partial charge < -0.3 is 14.7 Å². The number of likely N-dealkylation sites (tertiary alicyclic amines) is 1. The Balaban J connectivity index is 1.47. The Labute approximate surface area is 144 Å². The summed E-state index contributed by atoms with van der Waals surface area (Å²) in [5.74, 6) is 1.10. The fraction of sp³-hybridized carbons (Fsp3) is 0.632. The largest absolute Gasteiger partial charge is 0.508 e. The maximum absolute atomic E-state index is 12.5. The van der Waals surface area contributed by atoms with Crippen molar-refractivity contribution in [1.82, 2.24) is 9.80 Å². The summed E-state index contributed by atoms with van der Waals surface area (Å²) in [7, 11) is 0. The van der Waals surface area contributed by atoms with Gasteiger partial charge in [-0.15, -0.1) is 0 Å². The van der Waals surface area contributed by atoms with Crippen LogP contribution in [0.1, 0.15) is 25.3 Å². The number of carbonyl (C=O) groups excluding carboxylic acids is 1. The van der Waals surface area contributed by atoms with Crippen molar-refractivity contribution in [3.8, 4) is 5.75 Å². The molecule has 1 N–H and O–H groups in total. The average Bonchev–Trinajstić information content (AvgIpc) is 2.64. The maximum atomic E-state index is 12.5. The SMILES string of the molecule is CC(C1CCN(C(=O)Cc2ccc(O)cc2)CC1)N1CCOCC1. The van der Waals surface area contributed by atoms with Crippen molar-refractivity contribution in [2.75, 3.05) is 39.4 Å². The summed E-state index contributed by atoms with van der Waals surface area (Å²) in [5.41, 5.74) is 0.960. The minimum absolute atomic E-state index is 0.193. The maximum Gasteiger partial charge on any atom is 0.226 e. The lowest BCUT2D eigenvalue weighted by Gasteiger charge is -2.41. The number of phenols is 1. The number of hydrogen-bond acceptors (Lipinski definition) is 4. The molecular weight excluding hydrogens is 304 g/mol. The van der Waals surface area contributed by atoms with Crippen LogP contribution < -0.4 is 0 Å². The average molecular weight is 332 g/mol. The number of benzene rings is 1. The Hall–Kier alpha value is -1.59. The van der Waals surface area contributed by atoms with Crippen LogP contribution >= 0.6 is 0 Å². The molecule has 1 aromatic rings. The molecule has 5 nitrogen and oxygen atoms in total. The molecule has 0 aromatic heterocycles. The van der Waals surface area contributed by atoms with Crippen molar-refractivity contribution in [3.63, 3.8) is 0 Å². The molecular formula is C19H28N2O3. The Morgan fingerprint density at radius 3 is 2.42 bits per heavy atom. The quantitative estimate of drug-likeness (QED) is 0.915. The van der Waals surface area contributed by atoms with Crippen LogP contribution in [0.2, 0.25) is 0 Å². The summed E-state index contributed by atoms with van der Waals surface area (Å²) in [4.78, 5) is 17.0. The molecule has 2 saturated heterocycles. The van der Waals surface area contributed by atoms with Crippen LogP contribution in [0.4, 0.5) is 0 Å². The number of piperidine rings is 1. The third-order valence-electron chi connectivity index (χ3n) is 5.49. The molecule has 1 amide bonds. The number of ether oxygens (including phenoxy) is 1. The smallest absolute Gasteiger partial charge is 0.226 e. The third kappa shape index (κ3) is 4.28. The normalized spacial score (nSPS) is 21.6. The van der Waals surface area contributed by atoms with Gasteiger partial charge in [-0.3, -0.25) is 9.69 Å². The number of carbonyl (C=O) groups is 1. The summed E-state index contributed by atoms with van der Waals surface area (Å²) in [6.45, 7) is 7.78. The van der Waals surface area contributed by atoms with Crippen molar-refractivity contribution in [3.05, 3.63) is 29.8 Å². The zero-order valence-corrected chi connectivity index (χ0v) is 14.5. The van der Waals surface area contributed by atoms with E-state index in [2.05, 4.69) is 11.8 Å². The van der Waals surface area contributed by atoms with E-state index in [1.807, 2.05) is 17.0 Å². The first kappa shape index (κ1) is 17.2. The molecule has 2 fully saturated rings. The van der Waals surface area contributed by atoms with Crippen LogP contribution in [0.15, 0.2) is 24.3 Å². The number of aromatic hydroxyl groups is 1. The molecule has 132 valence electrons. The van der Waals surface area contributed by atoms with E-state index in [1.54, 1.807) is 12.1 Å². The highest BCUT2D eigenvalue weighted by Gasteiger charge is 2.29. The number of rotatable bonds is 4. The van der Waals surface area contributed by atoms with Gasteiger partial charge in [-0.2, -0.15) is 0 Å². The first-order valence-electron chi connectivity index (χ1n) is 9.01. The Bertz CT molecular complexity index is 532. The fourth-order valence-electron chi connectivity index (χ4n) is 3.81. The molecule has 0 saturated carbocycles. The van der Waals surface area contributed by atoms with E-state index in [-0.39, 0.29) is 11.7 Å². The predicted octanol–water partition coefficient (Wildman–Crippen LogP) is 1.89. The lowest BCUT2D eigenvalue weighted by molar-refractivity contribution is -0.132. The van der Waals surface area contributed by atoms with Crippen LogP contribution in [0.25, 0.3) is 0 Å². The number of morpholine rings is 1. The van der Waals surface area contributed by atoms with Crippen molar-refractivity contribution < 1.29 is 14.6 Å². The summed E-state index contributed by atoms with van der Waals surface area (Å²) < 4.78 is 5.44. The van der Waals surface area contributed by atoms with Crippen LogP contribution in [0.3, 0.4) is 0 Å². The molecule has 2 aliphatic rings. The van der Waals surface area contributed by atoms with Crippen LogP contribution in [-0.4, -0.2) is 66.2 Å². The van der Waals surface area contributed by atoms with Crippen LogP contribution in [0, 0.1) is 5.92 Å². The molecule has 1 atom stereocenters. The highest BCUT2D eigenvalue weighted by Crippen LogP contribution is 2.25. The molecule has 5 heteroatoms. The van der Waals surface area contributed by atoms with Gasteiger partial charge in [-0.05, 0) is 43.4 Å². The van der Waals surface area contributed by atoms with E-state index in [0.29, 0.717) is 18.4 Å². The van der Waals surface area contributed by atoms with Gasteiger partial charge >= 0.3 is 0 Å². The number of phenolic OH excluding ortho intramolecular Hbond substituents is 1. The molecule has 0 spiro atoms. The van der Waals surface area contributed by atoms with Crippen LogP contribution in [0.5, 0.6) is 5.75 Å². The molecule has 0 radical (unpaired) electrons. The molecule has 2 heterocycles. The Morgan fingerprint density at radius 1 is 1.17 bits per heavy atom. The summed E-state index contributed by atoms with van der Waals surface area (Å²) in [6, 6.07) is 7.49. The van der Waals surface area contributed by atoms with E-state index < -0.39 is 0 Å². The van der Waals surface area contributed by atoms with Crippen LogP contribution in [-0.2, 0) is 16.0 Å². The van der Waals surface area contributed by atoms with E-state index in [1.165, 1.54) is 0 Å². The minimum Gasteiger partial charge on any atom is -0.508 e. The molecule has 0 aliphatic carbocycles. The second-order valence-electron chi connectivity index (χ2n) is 6.95. The molecule has 1 unspecified atom stereocenters. The summed E-state index contributed by atoms with van der Waals surface area (Å²) >= 11 is 0. The van der Waals surface area contributed by atoms with Gasteiger partial charge in [0.05, 0.1) is 19.6 Å². The first-order valence-corrected chi connectivity index (χ1v) is 9.01. The van der Waals surface area contributed by atoms with Crippen molar-refractivity contribution in [2.24, 2.45) is 5.92 Å². The highest BCUT2D eigenvalue weighted by atomic mass is 16.5. The zero-order valence-electron chi connectivity index (χ0n) is 14.5. The zero-order chi connectivity index (χ0) is 16.9. The van der Waals surface area contributed by atoms with Gasteiger partial charge in [0.15, 0.2) is 0 Å². The van der Waals surface area contributed by atoms with Gasteiger partial charge in [0.2, 0.25) is 5.91 Å². The van der Waals surface area contributed by atoms with Crippen molar-refractivity contribution >= 4 is 5.91 Å². The predicted molar refractivity (Wildman–Crippen MR) is 93.0 cm³/mol. The van der Waals surface area contributed by atoms with Gasteiger partial charge in [0, 0.05) is 32.2 Å². The lowest BCUT2D eigenvalue weighted by Crippen LogP contribution is -2.49. The fourth-order valence-corrected chi connectivity index (χ4v) is 3.81. The second-order valence-corrected chi connectivity index (χ2v) is 6.95. The standard InChI is InChI=1S/C19H28N2O3/c1-15(20-10-12-24-13-11-20)17-6-8-21(9-7-17)19(23)14-16-2-4-18(22)5-3-16/h2-5,15,17,22H,6-14H2,1H3. The molecule has 3 rings (SSSR count). The number of amides is 1. The van der Waals surface area contributed by atoms with E-state index in [4.69, 9.17) is 4.74 Å². The highest BCUT2D eigenvalue weighted by molar-refractivity contribution is 5.78. The number of hydrogen-bond donors (Lipinski definition) is 1. The Morgan fingerprint density at radius 2 is 1.79 bits per heavy atom. The Kier molecular flexibility index (Phi) is 5.74. The molecule has 2 aliphatic heterocycles. The van der Waals surface area contributed by atoms with E-state index >= 15 is 0 Å². The number of nitrogens with zero attached hydrogens (tertiary/aromatic N) is 2. The summed E-state index contributed by atoms with van der Waals surface area (Å²) in [6.07, 6.45) is 2.59. The van der Waals surface area contributed by atoms with Crippen molar-refractivity contribution in [2.45, 2.75) is 32.2 Å². The van der Waals surface area contributed by atoms with E-state index in [0.717, 1.165) is 57.8 Å². The van der Waals surface area contributed by atoms with Gasteiger partial charge in [0.1, 0.15) is 5.75 Å². The minimum atomic E-state index is 0.193. The first-order chi connectivity index (χ1) is 11.6. The van der Waals surface area contributed by atoms with E-state index in [9.17, 15) is 9.90 Å². The van der Waals surface area contributed by atoms with Gasteiger partial charge in [0.25, 0.3) is 0 Å².